The van der Waals surface area contributed by atoms with Gasteiger partial charge in [0, 0.05) is 13.1 Å². The van der Waals surface area contributed by atoms with E-state index in [0.717, 1.165) is 12.8 Å². The molecule has 0 aromatic heterocycles. The van der Waals surface area contributed by atoms with Crippen molar-refractivity contribution in [1.82, 2.24) is 0 Å². The van der Waals surface area contributed by atoms with Crippen molar-refractivity contribution in [2.45, 2.75) is 46.0 Å². The molecule has 0 aliphatic carbocycles. The highest BCUT2D eigenvalue weighted by Crippen LogP contribution is 2.21. The Bertz CT molecular complexity index is 437. The van der Waals surface area contributed by atoms with Crippen molar-refractivity contribution in [2.75, 3.05) is 18.0 Å². The molecule has 118 valence electrons. The Kier molecular flexibility index (Phi) is 7.80. The zero-order valence-corrected chi connectivity index (χ0v) is 13.0. The van der Waals surface area contributed by atoms with Crippen molar-refractivity contribution >= 4 is 11.7 Å². The van der Waals surface area contributed by atoms with Crippen LogP contribution in [0.1, 0.15) is 46.0 Å². The highest BCUT2D eigenvalue weighted by Gasteiger charge is 2.18. The second-order valence-corrected chi connectivity index (χ2v) is 5.55. The van der Waals surface area contributed by atoms with Crippen LogP contribution in [0.4, 0.5) is 10.1 Å². The predicted molar refractivity (Wildman–Crippen MR) is 84.2 cm³/mol. The van der Waals surface area contributed by atoms with Gasteiger partial charge in [0.25, 0.3) is 0 Å². The number of nitrogens with zero attached hydrogens (tertiary/aromatic N) is 1. The molecular formula is C17H26FNO2. The summed E-state index contributed by atoms with van der Waals surface area (Å²) in [5.74, 6) is -1.65. The van der Waals surface area contributed by atoms with E-state index in [4.69, 9.17) is 5.11 Å². The van der Waals surface area contributed by atoms with Gasteiger partial charge in [0.15, 0.2) is 0 Å². The summed E-state index contributed by atoms with van der Waals surface area (Å²) in [6.45, 7) is 4.86. The number of benzene rings is 1. The summed E-state index contributed by atoms with van der Waals surface area (Å²) in [4.78, 5) is 12.9. The molecule has 1 N–H and O–H groups in total. The molecule has 0 fully saturated rings. The maximum absolute atomic E-state index is 13.9. The third-order valence-corrected chi connectivity index (χ3v) is 3.64. The highest BCUT2D eigenvalue weighted by atomic mass is 19.1. The number of carboxylic acids is 1. The number of halogens is 1. The molecule has 0 saturated carbocycles. The van der Waals surface area contributed by atoms with E-state index >= 15 is 0 Å². The van der Waals surface area contributed by atoms with E-state index in [-0.39, 0.29) is 5.82 Å². The van der Waals surface area contributed by atoms with Gasteiger partial charge in [-0.2, -0.15) is 0 Å². The van der Waals surface area contributed by atoms with Gasteiger partial charge >= 0.3 is 5.97 Å². The van der Waals surface area contributed by atoms with E-state index < -0.39 is 11.9 Å². The van der Waals surface area contributed by atoms with Crippen molar-refractivity contribution in [3.05, 3.63) is 30.1 Å². The van der Waals surface area contributed by atoms with Gasteiger partial charge in [-0.25, -0.2) is 4.39 Å². The van der Waals surface area contributed by atoms with E-state index in [0.29, 0.717) is 18.8 Å². The van der Waals surface area contributed by atoms with Crippen molar-refractivity contribution in [1.29, 1.82) is 0 Å². The Hall–Kier alpha value is -1.58. The molecule has 1 atom stereocenters. The fourth-order valence-electron chi connectivity index (χ4n) is 2.33. The first kappa shape index (κ1) is 17.5. The highest BCUT2D eigenvalue weighted by molar-refractivity contribution is 5.70. The third-order valence-electron chi connectivity index (χ3n) is 3.64. The van der Waals surface area contributed by atoms with Gasteiger partial charge in [-0.3, -0.25) is 4.79 Å². The molecule has 0 radical (unpaired) electrons. The van der Waals surface area contributed by atoms with E-state index in [1.807, 2.05) is 4.90 Å². The maximum atomic E-state index is 13.9. The fraction of sp³-hybridized carbons (Fsp3) is 0.588. The number of carboxylic acid groups (broad SMARTS) is 1. The average molecular weight is 295 g/mol. The van der Waals surface area contributed by atoms with Crippen LogP contribution in [-0.4, -0.2) is 24.2 Å². The Morgan fingerprint density at radius 1 is 1.24 bits per heavy atom. The molecule has 1 unspecified atom stereocenters. The van der Waals surface area contributed by atoms with Crippen molar-refractivity contribution in [3.8, 4) is 0 Å². The van der Waals surface area contributed by atoms with Crippen LogP contribution in [0.5, 0.6) is 0 Å². The Morgan fingerprint density at radius 2 is 1.90 bits per heavy atom. The molecule has 4 heteroatoms. The lowest BCUT2D eigenvalue weighted by Crippen LogP contribution is -2.33. The molecule has 3 nitrogen and oxygen atoms in total. The molecule has 21 heavy (non-hydrogen) atoms. The van der Waals surface area contributed by atoms with Crippen molar-refractivity contribution < 1.29 is 14.3 Å². The predicted octanol–water partition coefficient (Wildman–Crippen LogP) is 4.32. The first-order valence-electron chi connectivity index (χ1n) is 7.78. The molecule has 1 aromatic carbocycles. The largest absolute Gasteiger partial charge is 0.481 e. The first-order chi connectivity index (χ1) is 10.1. The van der Waals surface area contributed by atoms with Crippen LogP contribution < -0.4 is 4.90 Å². The minimum Gasteiger partial charge on any atom is -0.481 e. The summed E-state index contributed by atoms with van der Waals surface area (Å²) >= 11 is 0. The molecule has 1 rings (SSSR count). The van der Waals surface area contributed by atoms with Crippen LogP contribution in [0.3, 0.4) is 0 Å². The van der Waals surface area contributed by atoms with Gasteiger partial charge in [0.05, 0.1) is 11.6 Å². The number of aliphatic carboxylic acids is 1. The molecule has 0 spiro atoms. The number of anilines is 1. The SMILES string of the molecule is CCCCCCCN(CC(C)C(=O)O)c1ccccc1F. The number of para-hydroxylation sites is 1. The summed E-state index contributed by atoms with van der Waals surface area (Å²) in [6.07, 6.45) is 5.63. The zero-order valence-electron chi connectivity index (χ0n) is 13.0. The zero-order chi connectivity index (χ0) is 15.7. The molecule has 0 aliphatic rings. The quantitative estimate of drug-likeness (QED) is 0.653. The van der Waals surface area contributed by atoms with Gasteiger partial charge in [0.2, 0.25) is 0 Å². The molecule has 0 amide bonds. The number of hydrogen-bond donors (Lipinski definition) is 1. The fourth-order valence-corrected chi connectivity index (χ4v) is 2.33. The first-order valence-corrected chi connectivity index (χ1v) is 7.78. The number of unbranched alkanes of at least 4 members (excludes halogenated alkanes) is 4. The van der Waals surface area contributed by atoms with Crippen LogP contribution in [0, 0.1) is 11.7 Å². The number of rotatable bonds is 10. The van der Waals surface area contributed by atoms with Gasteiger partial charge in [-0.15, -0.1) is 0 Å². The van der Waals surface area contributed by atoms with Gasteiger partial charge < -0.3 is 10.0 Å². The summed E-state index contributed by atoms with van der Waals surface area (Å²) in [7, 11) is 0. The van der Waals surface area contributed by atoms with E-state index in [1.54, 1.807) is 25.1 Å². The molecule has 0 aliphatic heterocycles. The van der Waals surface area contributed by atoms with Crippen LogP contribution >= 0.6 is 0 Å². The van der Waals surface area contributed by atoms with Crippen LogP contribution in [0.25, 0.3) is 0 Å². The smallest absolute Gasteiger partial charge is 0.308 e. The van der Waals surface area contributed by atoms with E-state index in [2.05, 4.69) is 6.92 Å². The molecular weight excluding hydrogens is 269 g/mol. The molecule has 0 heterocycles. The Morgan fingerprint density at radius 3 is 2.52 bits per heavy atom. The van der Waals surface area contributed by atoms with Crippen LogP contribution in [-0.2, 0) is 4.79 Å². The van der Waals surface area contributed by atoms with Gasteiger partial charge in [-0.05, 0) is 18.6 Å². The van der Waals surface area contributed by atoms with Gasteiger partial charge in [-0.1, -0.05) is 51.7 Å². The normalized spacial score (nSPS) is 12.1. The topological polar surface area (TPSA) is 40.5 Å². The molecule has 0 saturated heterocycles. The lowest BCUT2D eigenvalue weighted by atomic mass is 10.1. The van der Waals surface area contributed by atoms with E-state index in [9.17, 15) is 9.18 Å². The van der Waals surface area contributed by atoms with Crippen molar-refractivity contribution in [3.63, 3.8) is 0 Å². The lowest BCUT2D eigenvalue weighted by Gasteiger charge is -2.27. The summed E-state index contributed by atoms with van der Waals surface area (Å²) < 4.78 is 13.9. The van der Waals surface area contributed by atoms with E-state index in [1.165, 1.54) is 25.3 Å². The van der Waals surface area contributed by atoms with Crippen LogP contribution in [0.15, 0.2) is 24.3 Å². The second-order valence-electron chi connectivity index (χ2n) is 5.55. The summed E-state index contributed by atoms with van der Waals surface area (Å²) in [5, 5.41) is 9.07. The average Bonchev–Trinajstić information content (AvgIpc) is 2.46. The van der Waals surface area contributed by atoms with Gasteiger partial charge in [0.1, 0.15) is 5.82 Å². The summed E-state index contributed by atoms with van der Waals surface area (Å²) in [6, 6.07) is 6.58. The Labute approximate surface area is 126 Å². The van der Waals surface area contributed by atoms with Crippen molar-refractivity contribution in [2.24, 2.45) is 5.92 Å². The third kappa shape index (κ3) is 6.15. The number of carbonyl (C=O) groups is 1. The monoisotopic (exact) mass is 295 g/mol. The second kappa shape index (κ2) is 9.37. The Balaban J connectivity index is 2.66. The molecule has 0 bridgehead atoms. The maximum Gasteiger partial charge on any atom is 0.308 e. The minimum absolute atomic E-state index is 0.288. The standard InChI is InChI=1S/C17H26FNO2/c1-3-4-5-6-9-12-19(13-14(2)17(20)21)16-11-8-7-10-15(16)18/h7-8,10-11,14H,3-6,9,12-13H2,1-2H3,(H,20,21). The molecule has 1 aromatic rings. The minimum atomic E-state index is -0.845. The summed E-state index contributed by atoms with van der Waals surface area (Å²) in [5.41, 5.74) is 0.501. The lowest BCUT2D eigenvalue weighted by molar-refractivity contribution is -0.140. The van der Waals surface area contributed by atoms with Crippen LogP contribution in [0.2, 0.25) is 0 Å². The number of hydrogen-bond acceptors (Lipinski definition) is 2.